The number of anilines is 1. The Kier molecular flexibility index (Phi) is 4.92. The first-order valence-electron chi connectivity index (χ1n) is 5.97. The van der Waals surface area contributed by atoms with Gasteiger partial charge in [-0.3, -0.25) is 5.43 Å². The van der Waals surface area contributed by atoms with E-state index in [9.17, 15) is 18.3 Å². The molecule has 0 bridgehead atoms. The van der Waals surface area contributed by atoms with Crippen molar-refractivity contribution in [3.05, 3.63) is 52.5 Å². The standard InChI is InChI=1S/C14H10BrF3N2O2/c15-12-7-11(22-14(16,17)18)6-9(13(12)21)8-19-20-10-4-2-1-3-5-10/h1-8,20-21H. The highest BCUT2D eigenvalue weighted by Gasteiger charge is 2.31. The monoisotopic (exact) mass is 374 g/mol. The Morgan fingerprint density at radius 2 is 1.86 bits per heavy atom. The van der Waals surface area contributed by atoms with Gasteiger partial charge in [0.2, 0.25) is 0 Å². The van der Waals surface area contributed by atoms with Gasteiger partial charge in [0.1, 0.15) is 11.5 Å². The lowest BCUT2D eigenvalue weighted by Gasteiger charge is -2.11. The van der Waals surface area contributed by atoms with Crippen molar-refractivity contribution in [1.82, 2.24) is 0 Å². The number of halogens is 4. The number of rotatable bonds is 4. The Labute approximate surface area is 132 Å². The van der Waals surface area contributed by atoms with Crippen LogP contribution >= 0.6 is 15.9 Å². The van der Waals surface area contributed by atoms with Crippen LogP contribution in [0.1, 0.15) is 5.56 Å². The molecule has 0 aromatic heterocycles. The summed E-state index contributed by atoms with van der Waals surface area (Å²) in [7, 11) is 0. The molecule has 0 spiro atoms. The zero-order chi connectivity index (χ0) is 16.2. The fourth-order valence-electron chi connectivity index (χ4n) is 1.57. The van der Waals surface area contributed by atoms with Gasteiger partial charge in [-0.1, -0.05) is 18.2 Å². The van der Waals surface area contributed by atoms with Crippen LogP contribution < -0.4 is 10.2 Å². The van der Waals surface area contributed by atoms with Gasteiger partial charge in [-0.05, 0) is 40.2 Å². The second-order valence-electron chi connectivity index (χ2n) is 4.13. The molecule has 2 aromatic rings. The molecule has 4 nitrogen and oxygen atoms in total. The number of aromatic hydroxyl groups is 1. The minimum absolute atomic E-state index is 0.0652. The van der Waals surface area contributed by atoms with E-state index in [1.807, 2.05) is 6.07 Å². The number of benzene rings is 2. The third-order valence-electron chi connectivity index (χ3n) is 2.47. The number of phenolic OH excluding ortho intramolecular Hbond substituents is 1. The zero-order valence-electron chi connectivity index (χ0n) is 10.9. The van der Waals surface area contributed by atoms with E-state index >= 15 is 0 Å². The zero-order valence-corrected chi connectivity index (χ0v) is 12.5. The molecule has 0 unspecified atom stereocenters. The maximum absolute atomic E-state index is 12.2. The fraction of sp³-hybridized carbons (Fsp3) is 0.0714. The van der Waals surface area contributed by atoms with Gasteiger partial charge in [-0.25, -0.2) is 0 Å². The van der Waals surface area contributed by atoms with Crippen LogP contribution in [0.4, 0.5) is 18.9 Å². The Hall–Kier alpha value is -2.22. The van der Waals surface area contributed by atoms with Crippen LogP contribution in [-0.4, -0.2) is 17.7 Å². The minimum atomic E-state index is -4.81. The molecule has 8 heteroatoms. The second kappa shape index (κ2) is 6.69. The topological polar surface area (TPSA) is 53.9 Å². The van der Waals surface area contributed by atoms with E-state index in [4.69, 9.17) is 0 Å². The number of hydrazone groups is 1. The third kappa shape index (κ3) is 4.66. The van der Waals surface area contributed by atoms with Crippen molar-refractivity contribution in [3.8, 4) is 11.5 Å². The first-order valence-corrected chi connectivity index (χ1v) is 6.77. The molecule has 2 aromatic carbocycles. The molecule has 0 heterocycles. The number of hydrogen-bond donors (Lipinski definition) is 2. The van der Waals surface area contributed by atoms with Crippen molar-refractivity contribution in [2.24, 2.45) is 5.10 Å². The highest BCUT2D eigenvalue weighted by Crippen LogP contribution is 2.34. The lowest BCUT2D eigenvalue weighted by Crippen LogP contribution is -2.17. The fourth-order valence-corrected chi connectivity index (χ4v) is 2.03. The molecule has 22 heavy (non-hydrogen) atoms. The Balaban J connectivity index is 2.19. The highest BCUT2D eigenvalue weighted by molar-refractivity contribution is 9.10. The maximum Gasteiger partial charge on any atom is 0.573 e. The maximum atomic E-state index is 12.2. The number of phenols is 1. The molecule has 0 saturated heterocycles. The van der Waals surface area contributed by atoms with Crippen molar-refractivity contribution in [2.75, 3.05) is 5.43 Å². The van der Waals surface area contributed by atoms with Gasteiger partial charge in [-0.15, -0.1) is 13.2 Å². The largest absolute Gasteiger partial charge is 0.573 e. The third-order valence-corrected chi connectivity index (χ3v) is 3.08. The summed E-state index contributed by atoms with van der Waals surface area (Å²) in [6.07, 6.45) is -3.62. The van der Waals surface area contributed by atoms with Crippen LogP contribution in [0.25, 0.3) is 0 Å². The highest BCUT2D eigenvalue weighted by atomic mass is 79.9. The molecule has 116 valence electrons. The van der Waals surface area contributed by atoms with Crippen molar-refractivity contribution in [2.45, 2.75) is 6.36 Å². The Morgan fingerprint density at radius 1 is 1.18 bits per heavy atom. The minimum Gasteiger partial charge on any atom is -0.506 e. The number of hydrogen-bond acceptors (Lipinski definition) is 4. The van der Waals surface area contributed by atoms with Gasteiger partial charge in [0.05, 0.1) is 16.4 Å². The van der Waals surface area contributed by atoms with E-state index in [1.54, 1.807) is 24.3 Å². The van der Waals surface area contributed by atoms with Crippen LogP contribution in [0.3, 0.4) is 0 Å². The van der Waals surface area contributed by atoms with Gasteiger partial charge < -0.3 is 9.84 Å². The van der Waals surface area contributed by atoms with Crippen LogP contribution in [0.5, 0.6) is 11.5 Å². The van der Waals surface area contributed by atoms with Crippen molar-refractivity contribution in [1.29, 1.82) is 0 Å². The summed E-state index contributed by atoms with van der Waals surface area (Å²) in [5.41, 5.74) is 3.45. The summed E-state index contributed by atoms with van der Waals surface area (Å²) in [5.74, 6) is -0.702. The Bertz CT molecular complexity index is 676. The predicted molar refractivity (Wildman–Crippen MR) is 80.1 cm³/mol. The average Bonchev–Trinajstić information content (AvgIpc) is 2.43. The normalized spacial score (nSPS) is 11.6. The summed E-state index contributed by atoms with van der Waals surface area (Å²) < 4.78 is 40.6. The molecule has 0 fully saturated rings. The number of nitrogens with zero attached hydrogens (tertiary/aromatic N) is 1. The molecule has 0 aliphatic carbocycles. The SMILES string of the molecule is Oc1c(Br)cc(OC(F)(F)F)cc1C=NNc1ccccc1. The van der Waals surface area contributed by atoms with E-state index < -0.39 is 12.1 Å². The summed E-state index contributed by atoms with van der Waals surface area (Å²) in [4.78, 5) is 0. The van der Waals surface area contributed by atoms with Gasteiger partial charge in [-0.2, -0.15) is 5.10 Å². The Morgan fingerprint density at radius 3 is 2.50 bits per heavy atom. The first kappa shape index (κ1) is 16.2. The quantitative estimate of drug-likeness (QED) is 0.611. The summed E-state index contributed by atoms with van der Waals surface area (Å²) >= 11 is 2.96. The number of ether oxygens (including phenoxy) is 1. The van der Waals surface area contributed by atoms with Crippen molar-refractivity contribution in [3.63, 3.8) is 0 Å². The van der Waals surface area contributed by atoms with Crippen LogP contribution in [0.15, 0.2) is 52.0 Å². The summed E-state index contributed by atoms with van der Waals surface area (Å²) in [6, 6.07) is 11.0. The number of para-hydroxylation sites is 1. The van der Waals surface area contributed by atoms with Crippen molar-refractivity contribution < 1.29 is 23.0 Å². The average molecular weight is 375 g/mol. The van der Waals surface area contributed by atoms with Crippen LogP contribution in [-0.2, 0) is 0 Å². The van der Waals surface area contributed by atoms with Gasteiger partial charge in [0.15, 0.2) is 0 Å². The lowest BCUT2D eigenvalue weighted by atomic mass is 10.2. The van der Waals surface area contributed by atoms with Crippen LogP contribution in [0, 0.1) is 0 Å². The number of nitrogens with one attached hydrogen (secondary N) is 1. The molecule has 2 N–H and O–H groups in total. The molecule has 0 aliphatic rings. The molecular weight excluding hydrogens is 365 g/mol. The van der Waals surface area contributed by atoms with E-state index in [0.717, 1.165) is 12.1 Å². The van der Waals surface area contributed by atoms with E-state index in [1.165, 1.54) is 6.21 Å². The molecule has 0 radical (unpaired) electrons. The molecule has 0 aliphatic heterocycles. The van der Waals surface area contributed by atoms with E-state index in [-0.39, 0.29) is 15.8 Å². The van der Waals surface area contributed by atoms with Crippen LogP contribution in [0.2, 0.25) is 0 Å². The summed E-state index contributed by atoms with van der Waals surface area (Å²) in [6.45, 7) is 0. The molecule has 0 saturated carbocycles. The smallest absolute Gasteiger partial charge is 0.506 e. The molecule has 0 amide bonds. The van der Waals surface area contributed by atoms with E-state index in [0.29, 0.717) is 5.69 Å². The van der Waals surface area contributed by atoms with Gasteiger partial charge >= 0.3 is 6.36 Å². The lowest BCUT2D eigenvalue weighted by molar-refractivity contribution is -0.274. The van der Waals surface area contributed by atoms with Gasteiger partial charge in [0.25, 0.3) is 0 Å². The number of alkyl halides is 3. The summed E-state index contributed by atoms with van der Waals surface area (Å²) in [5, 5.41) is 13.7. The predicted octanol–water partition coefficient (Wildman–Crippen LogP) is 4.50. The van der Waals surface area contributed by atoms with Crippen molar-refractivity contribution >= 4 is 27.8 Å². The molecule has 0 atom stereocenters. The molecule has 2 rings (SSSR count). The van der Waals surface area contributed by atoms with Gasteiger partial charge in [0, 0.05) is 5.56 Å². The van der Waals surface area contributed by atoms with E-state index in [2.05, 4.69) is 31.2 Å². The first-order chi connectivity index (χ1) is 10.3. The second-order valence-corrected chi connectivity index (χ2v) is 4.98. The molecular formula is C14H10BrF3N2O2.